The minimum Gasteiger partial charge on any atom is -0.349 e. The van der Waals surface area contributed by atoms with Crippen molar-refractivity contribution in [3.63, 3.8) is 0 Å². The molecule has 4 nitrogen and oxygen atoms in total. The Labute approximate surface area is 129 Å². The largest absolute Gasteiger partial charge is 0.349 e. The zero-order chi connectivity index (χ0) is 14.7. The van der Waals surface area contributed by atoms with Crippen molar-refractivity contribution in [1.29, 1.82) is 0 Å². The topological polar surface area (TPSA) is 46.9 Å². The van der Waals surface area contributed by atoms with Gasteiger partial charge in [-0.25, -0.2) is 4.68 Å². The molecule has 0 bridgehead atoms. The van der Waals surface area contributed by atoms with Gasteiger partial charge in [-0.1, -0.05) is 30.9 Å². The van der Waals surface area contributed by atoms with Crippen LogP contribution >= 0.6 is 11.6 Å². The third-order valence-electron chi connectivity index (χ3n) is 3.90. The monoisotopic (exact) mass is 303 g/mol. The second-order valence-electron chi connectivity index (χ2n) is 5.42. The molecule has 21 heavy (non-hydrogen) atoms. The number of aromatic nitrogens is 2. The highest BCUT2D eigenvalue weighted by atomic mass is 35.5. The molecule has 0 radical (unpaired) electrons. The molecule has 110 valence electrons. The third-order valence-corrected chi connectivity index (χ3v) is 4.23. The zero-order valence-electron chi connectivity index (χ0n) is 11.8. The van der Waals surface area contributed by atoms with Crippen molar-refractivity contribution in [2.45, 2.75) is 38.1 Å². The summed E-state index contributed by atoms with van der Waals surface area (Å²) in [5.41, 5.74) is 1.34. The van der Waals surface area contributed by atoms with Gasteiger partial charge in [0.15, 0.2) is 0 Å². The summed E-state index contributed by atoms with van der Waals surface area (Å²) in [6.45, 7) is 0. The molecule has 3 rings (SSSR count). The van der Waals surface area contributed by atoms with E-state index >= 15 is 0 Å². The van der Waals surface area contributed by atoms with Gasteiger partial charge in [0.2, 0.25) is 0 Å². The first-order valence-electron chi connectivity index (χ1n) is 7.34. The lowest BCUT2D eigenvalue weighted by Gasteiger charge is -2.23. The van der Waals surface area contributed by atoms with Gasteiger partial charge in [-0.15, -0.1) is 0 Å². The Morgan fingerprint density at radius 1 is 1.29 bits per heavy atom. The number of nitrogens with zero attached hydrogens (tertiary/aromatic N) is 2. The minimum absolute atomic E-state index is 0.0964. The molecule has 0 spiro atoms. The average molecular weight is 304 g/mol. The first-order chi connectivity index (χ1) is 10.2. The highest BCUT2D eigenvalue weighted by Crippen LogP contribution is 2.22. The molecule has 0 saturated heterocycles. The molecule has 0 aliphatic heterocycles. The normalized spacial score (nSPS) is 15.9. The van der Waals surface area contributed by atoms with Crippen LogP contribution in [0.3, 0.4) is 0 Å². The SMILES string of the molecule is O=C(NC1CCCCC1)c1cc(-n2cccn2)ccc1Cl. The van der Waals surface area contributed by atoms with Crippen LogP contribution in [0.2, 0.25) is 5.02 Å². The van der Waals surface area contributed by atoms with Crippen LogP contribution in [-0.4, -0.2) is 21.7 Å². The Balaban J connectivity index is 1.80. The van der Waals surface area contributed by atoms with Crippen molar-refractivity contribution < 1.29 is 4.79 Å². The Bertz CT molecular complexity index is 618. The van der Waals surface area contributed by atoms with Crippen LogP contribution in [0, 0.1) is 0 Å². The van der Waals surface area contributed by atoms with Crippen molar-refractivity contribution in [3.05, 3.63) is 47.2 Å². The Kier molecular flexibility index (Phi) is 4.25. The molecule has 5 heteroatoms. The summed E-state index contributed by atoms with van der Waals surface area (Å²) in [5, 5.41) is 7.74. The number of hydrogen-bond acceptors (Lipinski definition) is 2. The van der Waals surface area contributed by atoms with Gasteiger partial charge < -0.3 is 5.32 Å². The average Bonchev–Trinajstić information content (AvgIpc) is 3.03. The quantitative estimate of drug-likeness (QED) is 0.942. The second kappa shape index (κ2) is 6.31. The van der Waals surface area contributed by atoms with Crippen molar-refractivity contribution >= 4 is 17.5 Å². The highest BCUT2D eigenvalue weighted by molar-refractivity contribution is 6.33. The Morgan fingerprint density at radius 3 is 2.81 bits per heavy atom. The lowest BCUT2D eigenvalue weighted by molar-refractivity contribution is 0.0928. The van der Waals surface area contributed by atoms with E-state index in [1.54, 1.807) is 23.0 Å². The van der Waals surface area contributed by atoms with Crippen LogP contribution in [0.5, 0.6) is 0 Å². The Morgan fingerprint density at radius 2 is 2.10 bits per heavy atom. The van der Waals surface area contributed by atoms with Gasteiger partial charge in [0.05, 0.1) is 16.3 Å². The van der Waals surface area contributed by atoms with E-state index in [0.29, 0.717) is 10.6 Å². The van der Waals surface area contributed by atoms with Crippen LogP contribution < -0.4 is 5.32 Å². The summed E-state index contributed by atoms with van der Waals surface area (Å²) in [5.74, 6) is -0.0964. The summed E-state index contributed by atoms with van der Waals surface area (Å²) in [4.78, 5) is 12.4. The van der Waals surface area contributed by atoms with Gasteiger partial charge in [0.1, 0.15) is 0 Å². The number of carbonyl (C=O) groups is 1. The summed E-state index contributed by atoms with van der Waals surface area (Å²) in [6.07, 6.45) is 9.30. The molecule has 1 heterocycles. The van der Waals surface area contributed by atoms with Crippen LogP contribution in [0.4, 0.5) is 0 Å². The van der Waals surface area contributed by atoms with Gasteiger partial charge in [-0.2, -0.15) is 5.10 Å². The number of amides is 1. The van der Waals surface area contributed by atoms with E-state index in [2.05, 4.69) is 10.4 Å². The van der Waals surface area contributed by atoms with Crippen molar-refractivity contribution in [1.82, 2.24) is 15.1 Å². The summed E-state index contributed by atoms with van der Waals surface area (Å²) in [7, 11) is 0. The molecule has 1 amide bonds. The number of nitrogens with one attached hydrogen (secondary N) is 1. The number of halogens is 1. The molecule has 1 fully saturated rings. The van der Waals surface area contributed by atoms with Gasteiger partial charge in [-0.3, -0.25) is 4.79 Å². The van der Waals surface area contributed by atoms with E-state index < -0.39 is 0 Å². The van der Waals surface area contributed by atoms with E-state index in [9.17, 15) is 4.79 Å². The van der Waals surface area contributed by atoms with E-state index in [1.165, 1.54) is 19.3 Å². The number of carbonyl (C=O) groups excluding carboxylic acids is 1. The first kappa shape index (κ1) is 14.1. The summed E-state index contributed by atoms with van der Waals surface area (Å²) >= 11 is 6.18. The maximum atomic E-state index is 12.4. The predicted octanol–water partition coefficient (Wildman–Crippen LogP) is 3.59. The van der Waals surface area contributed by atoms with Gasteiger partial charge >= 0.3 is 0 Å². The molecule has 1 aromatic carbocycles. The van der Waals surface area contributed by atoms with Crippen LogP contribution in [0.15, 0.2) is 36.7 Å². The molecular formula is C16H18ClN3O. The van der Waals surface area contributed by atoms with Crippen LogP contribution in [0.25, 0.3) is 5.69 Å². The lowest BCUT2D eigenvalue weighted by Crippen LogP contribution is -2.36. The molecule has 1 aromatic heterocycles. The number of rotatable bonds is 3. The minimum atomic E-state index is -0.0964. The third kappa shape index (κ3) is 3.27. The van der Waals surface area contributed by atoms with Gasteiger partial charge in [-0.05, 0) is 37.1 Å². The fourth-order valence-corrected chi connectivity index (χ4v) is 2.96. The molecule has 2 aromatic rings. The summed E-state index contributed by atoms with van der Waals surface area (Å²) < 4.78 is 1.72. The number of hydrogen-bond donors (Lipinski definition) is 1. The van der Waals surface area contributed by atoms with Crippen molar-refractivity contribution in [2.75, 3.05) is 0 Å². The van der Waals surface area contributed by atoms with E-state index in [4.69, 9.17) is 11.6 Å². The van der Waals surface area contributed by atoms with E-state index in [-0.39, 0.29) is 11.9 Å². The van der Waals surface area contributed by atoms with Crippen LogP contribution in [0.1, 0.15) is 42.5 Å². The first-order valence-corrected chi connectivity index (χ1v) is 7.72. The smallest absolute Gasteiger partial charge is 0.253 e. The highest BCUT2D eigenvalue weighted by Gasteiger charge is 2.18. The van der Waals surface area contributed by atoms with Crippen molar-refractivity contribution in [2.24, 2.45) is 0 Å². The zero-order valence-corrected chi connectivity index (χ0v) is 12.5. The molecule has 0 atom stereocenters. The maximum Gasteiger partial charge on any atom is 0.253 e. The van der Waals surface area contributed by atoms with Crippen LogP contribution in [-0.2, 0) is 0 Å². The summed E-state index contributed by atoms with van der Waals surface area (Å²) in [6, 6.07) is 7.50. The van der Waals surface area contributed by atoms with Gasteiger partial charge in [0.25, 0.3) is 5.91 Å². The van der Waals surface area contributed by atoms with Gasteiger partial charge in [0, 0.05) is 18.4 Å². The van der Waals surface area contributed by atoms with Crippen molar-refractivity contribution in [3.8, 4) is 5.69 Å². The molecule has 1 aliphatic carbocycles. The molecule has 1 N–H and O–H groups in total. The standard InChI is InChI=1S/C16H18ClN3O/c17-15-8-7-13(20-10-4-9-18-20)11-14(15)16(21)19-12-5-2-1-3-6-12/h4,7-12H,1-3,5-6H2,(H,19,21). The maximum absolute atomic E-state index is 12.4. The lowest BCUT2D eigenvalue weighted by atomic mass is 9.95. The van der Waals surface area contributed by atoms with E-state index in [1.807, 2.05) is 18.3 Å². The molecule has 1 aliphatic rings. The van der Waals surface area contributed by atoms with E-state index in [0.717, 1.165) is 18.5 Å². The number of benzene rings is 1. The predicted molar refractivity (Wildman–Crippen MR) is 82.9 cm³/mol. The Hall–Kier alpha value is -1.81. The molecule has 1 saturated carbocycles. The molecular weight excluding hydrogens is 286 g/mol. The fourth-order valence-electron chi connectivity index (χ4n) is 2.76. The molecule has 0 unspecified atom stereocenters. The fraction of sp³-hybridized carbons (Fsp3) is 0.375. The second-order valence-corrected chi connectivity index (χ2v) is 5.83.